The molecule has 0 aromatic heterocycles. The zero-order chi connectivity index (χ0) is 22.4. The van der Waals surface area contributed by atoms with E-state index in [-0.39, 0.29) is 64.5 Å². The molecule has 0 aliphatic carbocycles. The number of nitrogens with zero attached hydrogens (tertiary/aromatic N) is 2. The summed E-state index contributed by atoms with van der Waals surface area (Å²) in [5.74, 6) is -1.16. The third-order valence-electron chi connectivity index (χ3n) is 4.59. The normalized spacial score (nSPS) is 11.9. The van der Waals surface area contributed by atoms with Gasteiger partial charge >= 0.3 is 59.1 Å². The molecule has 158 valence electrons. The zero-order valence-corrected chi connectivity index (χ0v) is 23.1. The monoisotopic (exact) mass is 502 g/mol. The van der Waals surface area contributed by atoms with Crippen molar-refractivity contribution in [3.63, 3.8) is 0 Å². The van der Waals surface area contributed by atoms with Crippen LogP contribution < -0.4 is 64.2 Å². The Hall–Kier alpha value is -1.38. The maximum Gasteiger partial charge on any atom is 1.00 e. The fourth-order valence-corrected chi connectivity index (χ4v) is 4.61. The van der Waals surface area contributed by atoms with Crippen LogP contribution in [0.1, 0.15) is 0 Å². The molecular formula is C20H12N2Na2O7S2. The third-order valence-corrected chi connectivity index (χ3v) is 6.34. The van der Waals surface area contributed by atoms with Crippen molar-refractivity contribution in [2.75, 3.05) is 0 Å². The van der Waals surface area contributed by atoms with Gasteiger partial charge in [-0.2, -0.15) is 8.42 Å². The topological polar surface area (TPSA) is 159 Å². The number of hydrogen-bond donors (Lipinski definition) is 1. The fraction of sp³-hybridized carbons (Fsp3) is 0. The maximum absolute atomic E-state index is 13.0. The van der Waals surface area contributed by atoms with Crippen molar-refractivity contribution in [3.8, 4) is 5.75 Å². The Balaban J connectivity index is 0.00000193. The minimum Gasteiger partial charge on any atom is -0.870 e. The molecule has 9 nitrogen and oxygen atoms in total. The number of fused-ring (bicyclic) bond motifs is 2. The van der Waals surface area contributed by atoms with Gasteiger partial charge in [-0.15, -0.1) is 10.2 Å². The number of azo groups is 1. The molecule has 0 saturated heterocycles. The Kier molecular flexibility index (Phi) is 8.85. The number of hydrogen-bond acceptors (Lipinski definition) is 8. The van der Waals surface area contributed by atoms with E-state index in [1.807, 2.05) is 18.2 Å². The van der Waals surface area contributed by atoms with Crippen LogP contribution >= 0.6 is 0 Å². The van der Waals surface area contributed by atoms with Crippen molar-refractivity contribution in [3.05, 3.63) is 66.7 Å². The molecule has 1 N–H and O–H groups in total. The Morgan fingerprint density at radius 1 is 0.758 bits per heavy atom. The van der Waals surface area contributed by atoms with E-state index in [9.17, 15) is 31.0 Å². The quantitative estimate of drug-likeness (QED) is 0.186. The minimum absolute atomic E-state index is 0. The van der Waals surface area contributed by atoms with Gasteiger partial charge in [0.15, 0.2) is 0 Å². The standard InChI is InChI=1S/C20H14N2O7S2.2Na/c23-20-18-13(7-4-10-16(18)30(24,25)26)11-17(31(27,28)29)19(20)22-21-15-9-3-6-12-5-1-2-8-14(12)15;;/h1-11,23H,(H,24,25,26)(H,27,28,29);;/q;2*+1/p-2. The second-order valence-corrected chi connectivity index (χ2v) is 9.27. The molecular weight excluding hydrogens is 490 g/mol. The second-order valence-electron chi connectivity index (χ2n) is 6.53. The molecule has 0 heterocycles. The summed E-state index contributed by atoms with van der Waals surface area (Å²) in [5.41, 5.74) is -0.498. The van der Waals surface area contributed by atoms with Crippen molar-refractivity contribution < 1.29 is 90.2 Å². The molecule has 0 fully saturated rings. The van der Waals surface area contributed by atoms with Gasteiger partial charge < -0.3 is 9.66 Å². The maximum atomic E-state index is 13.0. The first kappa shape index (κ1) is 27.9. The van der Waals surface area contributed by atoms with E-state index in [0.29, 0.717) is 11.1 Å². The summed E-state index contributed by atoms with van der Waals surface area (Å²) in [6.45, 7) is 0. The summed E-state index contributed by atoms with van der Waals surface area (Å²) in [4.78, 5) is -1.67. The molecule has 0 spiro atoms. The van der Waals surface area contributed by atoms with Gasteiger partial charge in [0.1, 0.15) is 15.0 Å². The summed E-state index contributed by atoms with van der Waals surface area (Å²) in [5, 5.41) is 21.5. The molecule has 0 saturated carbocycles. The van der Waals surface area contributed by atoms with Gasteiger partial charge in [0.05, 0.1) is 16.3 Å². The first-order chi connectivity index (χ1) is 14.6. The average molecular weight is 502 g/mol. The third kappa shape index (κ3) is 5.65. The van der Waals surface area contributed by atoms with Gasteiger partial charge in [0, 0.05) is 5.39 Å². The Bertz CT molecular complexity index is 1600. The van der Waals surface area contributed by atoms with Crippen molar-refractivity contribution >= 4 is 53.2 Å². The molecule has 33 heavy (non-hydrogen) atoms. The number of benzene rings is 4. The molecule has 0 bridgehead atoms. The van der Waals surface area contributed by atoms with E-state index in [1.54, 1.807) is 24.3 Å². The van der Waals surface area contributed by atoms with Gasteiger partial charge in [-0.3, -0.25) is 4.55 Å². The van der Waals surface area contributed by atoms with Crippen LogP contribution in [0.15, 0.2) is 86.7 Å². The predicted octanol–water partition coefficient (Wildman–Crippen LogP) is -2.36. The SMILES string of the molecule is O=S(=O)([O-])c1cccc2cc(S(=O)(=O)O)c(N=Nc3cccc4ccccc34)c([O-])c12.[Na+].[Na+]. The summed E-state index contributed by atoms with van der Waals surface area (Å²) in [6, 6.07) is 16.4. The van der Waals surface area contributed by atoms with E-state index in [4.69, 9.17) is 0 Å². The van der Waals surface area contributed by atoms with Gasteiger partial charge in [-0.25, -0.2) is 8.42 Å². The first-order valence-corrected chi connectivity index (χ1v) is 11.5. The van der Waals surface area contributed by atoms with Crippen LogP contribution in [0.3, 0.4) is 0 Å². The molecule has 0 atom stereocenters. The molecule has 4 aromatic rings. The van der Waals surface area contributed by atoms with Crippen LogP contribution in [0.25, 0.3) is 21.5 Å². The van der Waals surface area contributed by atoms with E-state index >= 15 is 0 Å². The molecule has 0 amide bonds. The molecule has 4 rings (SSSR count). The summed E-state index contributed by atoms with van der Waals surface area (Å²) >= 11 is 0. The van der Waals surface area contributed by atoms with Crippen LogP contribution in [0.2, 0.25) is 0 Å². The van der Waals surface area contributed by atoms with E-state index < -0.39 is 46.9 Å². The van der Waals surface area contributed by atoms with Gasteiger partial charge in [0.25, 0.3) is 10.1 Å². The van der Waals surface area contributed by atoms with E-state index in [1.165, 1.54) is 12.1 Å². The van der Waals surface area contributed by atoms with E-state index in [2.05, 4.69) is 10.2 Å². The largest absolute Gasteiger partial charge is 1.00 e. The Labute approximate surface area is 233 Å². The zero-order valence-electron chi connectivity index (χ0n) is 17.5. The van der Waals surface area contributed by atoms with Gasteiger partial charge in [-0.1, -0.05) is 54.3 Å². The van der Waals surface area contributed by atoms with Crippen LogP contribution in [-0.4, -0.2) is 25.9 Å². The summed E-state index contributed by atoms with van der Waals surface area (Å²) in [6.07, 6.45) is 0. The smallest absolute Gasteiger partial charge is 0.870 e. The second kappa shape index (κ2) is 10.5. The number of rotatable bonds is 4. The summed E-state index contributed by atoms with van der Waals surface area (Å²) < 4.78 is 68.2. The van der Waals surface area contributed by atoms with Gasteiger partial charge in [-0.05, 0) is 34.4 Å². The first-order valence-electron chi connectivity index (χ1n) is 8.67. The van der Waals surface area contributed by atoms with Crippen LogP contribution in [0.5, 0.6) is 5.75 Å². The average Bonchev–Trinajstić information content (AvgIpc) is 2.71. The van der Waals surface area contributed by atoms with Crippen LogP contribution in [0.4, 0.5) is 11.4 Å². The Morgan fingerprint density at radius 3 is 2.03 bits per heavy atom. The molecule has 13 heteroatoms. The molecule has 0 aliphatic rings. The molecule has 0 radical (unpaired) electrons. The van der Waals surface area contributed by atoms with Crippen molar-refractivity contribution in [2.45, 2.75) is 9.79 Å². The van der Waals surface area contributed by atoms with Crippen molar-refractivity contribution in [2.24, 2.45) is 10.2 Å². The Morgan fingerprint density at radius 2 is 1.36 bits per heavy atom. The van der Waals surface area contributed by atoms with Crippen molar-refractivity contribution in [1.82, 2.24) is 0 Å². The molecule has 0 unspecified atom stereocenters. The molecule has 0 aliphatic heterocycles. The fourth-order valence-electron chi connectivity index (χ4n) is 3.25. The summed E-state index contributed by atoms with van der Waals surface area (Å²) in [7, 11) is -9.97. The minimum atomic E-state index is -5.05. The van der Waals surface area contributed by atoms with E-state index in [0.717, 1.165) is 17.5 Å². The van der Waals surface area contributed by atoms with Crippen LogP contribution in [-0.2, 0) is 20.2 Å². The van der Waals surface area contributed by atoms with Gasteiger partial charge in [0.2, 0.25) is 0 Å². The molecule has 4 aromatic carbocycles. The predicted molar refractivity (Wildman–Crippen MR) is 109 cm³/mol. The van der Waals surface area contributed by atoms with Crippen molar-refractivity contribution in [1.29, 1.82) is 0 Å². The van der Waals surface area contributed by atoms with Crippen LogP contribution in [0, 0.1) is 0 Å².